The molecule has 1 atom stereocenters. The molecule has 0 unspecified atom stereocenters. The molecule has 0 aliphatic heterocycles. The second-order valence-corrected chi connectivity index (χ2v) is 13.4. The number of sulfonamides is 1. The number of aryl methyl sites for hydroxylation is 3. The van der Waals surface area contributed by atoms with E-state index in [1.807, 2.05) is 101 Å². The number of carbonyl (C=O) groups is 2. The van der Waals surface area contributed by atoms with Crippen molar-refractivity contribution in [3.8, 4) is 0 Å². The SMILES string of the molecule is Cc1ccc(CN(C(=O)CN(c2cc(C)ccc2C)S(=O)(=O)c2ccccc2)[C@@H](Cc2ccccc2)C(=O)NC(C)C)cc1. The van der Waals surface area contributed by atoms with Gasteiger partial charge in [-0.05, 0) is 75.1 Å². The Morgan fingerprint density at radius 2 is 1.34 bits per heavy atom. The molecule has 1 N–H and O–H groups in total. The van der Waals surface area contributed by atoms with Gasteiger partial charge in [0.05, 0.1) is 10.6 Å². The Balaban J connectivity index is 1.82. The van der Waals surface area contributed by atoms with Crippen LogP contribution in [0.4, 0.5) is 5.69 Å². The second-order valence-electron chi connectivity index (χ2n) is 11.5. The summed E-state index contributed by atoms with van der Waals surface area (Å²) in [7, 11) is -4.14. The Morgan fingerprint density at radius 3 is 1.95 bits per heavy atom. The van der Waals surface area contributed by atoms with E-state index in [1.54, 1.807) is 24.3 Å². The van der Waals surface area contributed by atoms with Crippen LogP contribution in [0, 0.1) is 20.8 Å². The standard InChI is InChI=1S/C36H41N3O4S/c1-26(2)37-36(41)34(23-30-12-8-6-9-13-30)38(24-31-20-17-27(3)18-21-31)35(40)25-39(33-22-28(4)16-19-29(33)5)44(42,43)32-14-10-7-11-15-32/h6-22,26,34H,23-25H2,1-5H3,(H,37,41)/t34-/m0/s1. The maximum Gasteiger partial charge on any atom is 0.264 e. The lowest BCUT2D eigenvalue weighted by Crippen LogP contribution is -2.54. The molecule has 44 heavy (non-hydrogen) atoms. The van der Waals surface area contributed by atoms with Crippen LogP contribution in [0.5, 0.6) is 0 Å². The second kappa shape index (κ2) is 14.4. The predicted molar refractivity (Wildman–Crippen MR) is 176 cm³/mol. The molecule has 8 heteroatoms. The highest BCUT2D eigenvalue weighted by Crippen LogP contribution is 2.29. The Morgan fingerprint density at radius 1 is 0.750 bits per heavy atom. The topological polar surface area (TPSA) is 86.8 Å². The third-order valence-corrected chi connectivity index (χ3v) is 9.19. The van der Waals surface area contributed by atoms with E-state index >= 15 is 0 Å². The summed E-state index contributed by atoms with van der Waals surface area (Å²) >= 11 is 0. The first-order chi connectivity index (χ1) is 21.0. The Labute approximate surface area is 261 Å². The van der Waals surface area contributed by atoms with Crippen LogP contribution in [0.1, 0.15) is 41.7 Å². The van der Waals surface area contributed by atoms with E-state index in [4.69, 9.17) is 0 Å². The summed E-state index contributed by atoms with van der Waals surface area (Å²) in [4.78, 5) is 29.9. The van der Waals surface area contributed by atoms with Gasteiger partial charge in [-0.15, -0.1) is 0 Å². The average molecular weight is 612 g/mol. The number of nitrogens with one attached hydrogen (secondary N) is 1. The zero-order chi connectivity index (χ0) is 31.9. The lowest BCUT2D eigenvalue weighted by Gasteiger charge is -2.34. The van der Waals surface area contributed by atoms with Crippen molar-refractivity contribution in [3.05, 3.63) is 131 Å². The summed E-state index contributed by atoms with van der Waals surface area (Å²) < 4.78 is 29.5. The maximum absolute atomic E-state index is 14.5. The van der Waals surface area contributed by atoms with Gasteiger partial charge in [-0.2, -0.15) is 0 Å². The van der Waals surface area contributed by atoms with Gasteiger partial charge in [-0.3, -0.25) is 13.9 Å². The highest BCUT2D eigenvalue weighted by atomic mass is 32.2. The molecule has 0 fully saturated rings. The van der Waals surface area contributed by atoms with Gasteiger partial charge in [0.25, 0.3) is 10.0 Å². The number of amides is 2. The van der Waals surface area contributed by atoms with Crippen LogP contribution in [0.3, 0.4) is 0 Å². The highest BCUT2D eigenvalue weighted by molar-refractivity contribution is 7.92. The largest absolute Gasteiger partial charge is 0.352 e. The molecule has 4 rings (SSSR count). The number of hydrogen-bond donors (Lipinski definition) is 1. The van der Waals surface area contributed by atoms with Crippen molar-refractivity contribution in [2.45, 2.75) is 64.6 Å². The number of carbonyl (C=O) groups excluding carboxylic acids is 2. The smallest absolute Gasteiger partial charge is 0.264 e. The molecule has 230 valence electrons. The van der Waals surface area contributed by atoms with Gasteiger partial charge >= 0.3 is 0 Å². The first-order valence-corrected chi connectivity index (χ1v) is 16.2. The zero-order valence-electron chi connectivity index (χ0n) is 26.0. The highest BCUT2D eigenvalue weighted by Gasteiger charge is 2.35. The number of anilines is 1. The fraction of sp³-hybridized carbons (Fsp3) is 0.278. The van der Waals surface area contributed by atoms with Crippen molar-refractivity contribution >= 4 is 27.5 Å². The molecule has 0 radical (unpaired) electrons. The third-order valence-electron chi connectivity index (χ3n) is 7.42. The fourth-order valence-corrected chi connectivity index (χ4v) is 6.54. The van der Waals surface area contributed by atoms with Crippen LogP contribution in [-0.4, -0.2) is 43.8 Å². The quantitative estimate of drug-likeness (QED) is 0.214. The van der Waals surface area contributed by atoms with E-state index in [-0.39, 0.29) is 29.8 Å². The lowest BCUT2D eigenvalue weighted by molar-refractivity contribution is -0.140. The molecule has 4 aromatic rings. The normalized spacial score (nSPS) is 12.0. The molecule has 7 nitrogen and oxygen atoms in total. The van der Waals surface area contributed by atoms with Gasteiger partial charge in [0.15, 0.2) is 0 Å². The van der Waals surface area contributed by atoms with E-state index in [2.05, 4.69) is 5.32 Å². The molecule has 0 aromatic heterocycles. The van der Waals surface area contributed by atoms with Crippen molar-refractivity contribution in [3.63, 3.8) is 0 Å². The fourth-order valence-electron chi connectivity index (χ4n) is 5.05. The van der Waals surface area contributed by atoms with Crippen LogP contribution < -0.4 is 9.62 Å². The van der Waals surface area contributed by atoms with E-state index < -0.39 is 28.5 Å². The summed E-state index contributed by atoms with van der Waals surface area (Å²) in [6.07, 6.45) is 0.270. The molecule has 0 saturated heterocycles. The summed E-state index contributed by atoms with van der Waals surface area (Å²) in [5, 5.41) is 2.99. The van der Waals surface area contributed by atoms with Crippen molar-refractivity contribution in [1.82, 2.24) is 10.2 Å². The Bertz CT molecular complexity index is 1670. The number of rotatable bonds is 12. The zero-order valence-corrected chi connectivity index (χ0v) is 26.8. The molecule has 0 bridgehead atoms. The summed E-state index contributed by atoms with van der Waals surface area (Å²) in [6.45, 7) is 9.09. The lowest BCUT2D eigenvalue weighted by atomic mass is 10.0. The minimum Gasteiger partial charge on any atom is -0.352 e. The molecular formula is C36H41N3O4S. The van der Waals surface area contributed by atoms with Crippen LogP contribution in [0.15, 0.2) is 108 Å². The molecule has 0 saturated carbocycles. The molecule has 0 aliphatic rings. The Kier molecular flexibility index (Phi) is 10.6. The Hall–Kier alpha value is -4.43. The van der Waals surface area contributed by atoms with Crippen molar-refractivity contribution < 1.29 is 18.0 Å². The molecule has 2 amide bonds. The van der Waals surface area contributed by atoms with Crippen LogP contribution in [0.2, 0.25) is 0 Å². The average Bonchev–Trinajstić information content (AvgIpc) is 3.00. The monoisotopic (exact) mass is 611 g/mol. The van der Waals surface area contributed by atoms with E-state index in [0.717, 1.165) is 22.3 Å². The maximum atomic E-state index is 14.5. The molecular weight excluding hydrogens is 570 g/mol. The van der Waals surface area contributed by atoms with Crippen LogP contribution >= 0.6 is 0 Å². The van der Waals surface area contributed by atoms with Crippen molar-refractivity contribution in [2.75, 3.05) is 10.8 Å². The third kappa shape index (κ3) is 8.14. The molecule has 0 spiro atoms. The molecule has 0 aliphatic carbocycles. The van der Waals surface area contributed by atoms with Crippen LogP contribution in [0.25, 0.3) is 0 Å². The van der Waals surface area contributed by atoms with Gasteiger partial charge in [0.1, 0.15) is 12.6 Å². The van der Waals surface area contributed by atoms with Gasteiger partial charge in [-0.25, -0.2) is 8.42 Å². The number of benzene rings is 4. The van der Waals surface area contributed by atoms with Gasteiger partial charge < -0.3 is 10.2 Å². The first-order valence-electron chi connectivity index (χ1n) is 14.8. The van der Waals surface area contributed by atoms with Crippen molar-refractivity contribution in [2.24, 2.45) is 0 Å². The van der Waals surface area contributed by atoms with E-state index in [9.17, 15) is 18.0 Å². The summed E-state index contributed by atoms with van der Waals surface area (Å²) in [6, 6.07) is 29.9. The molecule has 0 heterocycles. The van der Waals surface area contributed by atoms with Crippen LogP contribution in [-0.2, 0) is 32.6 Å². The first kappa shape index (κ1) is 32.5. The van der Waals surface area contributed by atoms with E-state index in [1.165, 1.54) is 21.3 Å². The minimum atomic E-state index is -4.14. The van der Waals surface area contributed by atoms with E-state index in [0.29, 0.717) is 11.3 Å². The summed E-state index contributed by atoms with van der Waals surface area (Å²) in [5.74, 6) is -0.778. The number of nitrogens with zero attached hydrogens (tertiary/aromatic N) is 2. The number of hydrogen-bond acceptors (Lipinski definition) is 4. The minimum absolute atomic E-state index is 0.0807. The molecule has 4 aromatic carbocycles. The predicted octanol–water partition coefficient (Wildman–Crippen LogP) is 5.97. The van der Waals surface area contributed by atoms with Gasteiger partial charge in [0, 0.05) is 19.0 Å². The van der Waals surface area contributed by atoms with Gasteiger partial charge in [0.2, 0.25) is 11.8 Å². The van der Waals surface area contributed by atoms with Crippen molar-refractivity contribution in [1.29, 1.82) is 0 Å². The van der Waals surface area contributed by atoms with Gasteiger partial charge in [-0.1, -0.05) is 90.5 Å². The summed E-state index contributed by atoms with van der Waals surface area (Å²) in [5.41, 5.74) is 4.79.